The Bertz CT molecular complexity index is 3920. The lowest BCUT2D eigenvalue weighted by Gasteiger charge is -2.13. The van der Waals surface area contributed by atoms with Crippen LogP contribution in [0.2, 0.25) is 0 Å². The molecule has 6 heteroatoms. The van der Waals surface area contributed by atoms with E-state index in [4.69, 9.17) is 20.1 Å². The first kappa shape index (κ1) is 39.1. The van der Waals surface area contributed by atoms with Gasteiger partial charge in [0.05, 0.1) is 22.2 Å². The van der Waals surface area contributed by atoms with Crippen molar-refractivity contribution in [2.45, 2.75) is 0 Å². The Kier molecular flexibility index (Phi) is 9.39. The number of rotatable bonds is 8. The van der Waals surface area contributed by atoms with E-state index in [0.29, 0.717) is 17.5 Å². The van der Waals surface area contributed by atoms with Gasteiger partial charge in [0.15, 0.2) is 17.5 Å². The fraction of sp³-hybridized carbons (Fsp3) is 0. The highest BCUT2D eigenvalue weighted by atomic mass is 15.2. The molecule has 0 N–H and O–H groups in total. The Balaban J connectivity index is 0.916. The molecule has 0 saturated carbocycles. The first-order valence-corrected chi connectivity index (χ1v) is 22.9. The van der Waals surface area contributed by atoms with Gasteiger partial charge in [0.2, 0.25) is 0 Å². The molecular weight excluding hydrogens is 829 g/mol. The number of hydrogen-bond donors (Lipinski definition) is 0. The molecule has 0 spiro atoms. The summed E-state index contributed by atoms with van der Waals surface area (Å²) in [6, 6.07) is 85.1. The van der Waals surface area contributed by atoms with Crippen molar-refractivity contribution in [3.63, 3.8) is 0 Å². The fourth-order valence-electron chi connectivity index (χ4n) is 9.73. The van der Waals surface area contributed by atoms with Gasteiger partial charge in [0, 0.05) is 55.2 Å². The second-order valence-corrected chi connectivity index (χ2v) is 17.1. The van der Waals surface area contributed by atoms with Gasteiger partial charge in [-0.05, 0) is 70.6 Å². The van der Waals surface area contributed by atoms with Gasteiger partial charge < -0.3 is 4.57 Å². The van der Waals surface area contributed by atoms with E-state index in [9.17, 15) is 0 Å². The zero-order valence-electron chi connectivity index (χ0n) is 36.8. The molecule has 13 rings (SSSR count). The maximum Gasteiger partial charge on any atom is 0.164 e. The summed E-state index contributed by atoms with van der Waals surface area (Å²) >= 11 is 0. The summed E-state index contributed by atoms with van der Waals surface area (Å²) in [6.07, 6.45) is 0. The predicted molar refractivity (Wildman–Crippen MR) is 278 cm³/mol. The molecule has 0 bridgehead atoms. The zero-order valence-corrected chi connectivity index (χ0v) is 36.8. The Morgan fingerprint density at radius 3 is 1.32 bits per heavy atom. The van der Waals surface area contributed by atoms with E-state index < -0.39 is 0 Å². The molecule has 4 aromatic heterocycles. The number of fused-ring (bicyclic) bond motifs is 6. The summed E-state index contributed by atoms with van der Waals surface area (Å²) in [5.74, 6) is 1.85. The molecule has 6 nitrogen and oxygen atoms in total. The van der Waals surface area contributed by atoms with Crippen LogP contribution in [0, 0.1) is 0 Å². The topological polar surface area (TPSA) is 60.9 Å². The SMILES string of the molecule is c1ccc(-c2nc(-c3ccc(-c4ccc5cc(-c6ccccc6)n6nc(-c7ccccc7)c(-c7ccccc7)c6c5c4)cc3)nc(-c3ccc(-n4c5ccccc5c5ccccc54)cc3)n2)cc1. The Morgan fingerprint density at radius 2 is 0.750 bits per heavy atom. The summed E-state index contributed by atoms with van der Waals surface area (Å²) in [5, 5.41) is 10.2. The molecule has 318 valence electrons. The lowest BCUT2D eigenvalue weighted by molar-refractivity contribution is 0.979. The first-order chi connectivity index (χ1) is 33.7. The highest BCUT2D eigenvalue weighted by molar-refractivity contribution is 6.10. The zero-order chi connectivity index (χ0) is 45.0. The molecule has 0 saturated heterocycles. The summed E-state index contributed by atoms with van der Waals surface area (Å²) in [4.78, 5) is 15.2. The van der Waals surface area contributed by atoms with Gasteiger partial charge >= 0.3 is 0 Å². The molecule has 0 atom stereocenters. The molecule has 13 aromatic rings. The largest absolute Gasteiger partial charge is 0.309 e. The molecule has 0 aliphatic carbocycles. The average molecular weight is 869 g/mol. The van der Waals surface area contributed by atoms with Gasteiger partial charge in [0.25, 0.3) is 0 Å². The number of benzene rings is 9. The van der Waals surface area contributed by atoms with Gasteiger partial charge in [-0.3, -0.25) is 0 Å². The predicted octanol–water partition coefficient (Wildman–Crippen LogP) is 15.4. The minimum atomic E-state index is 0.612. The van der Waals surface area contributed by atoms with Crippen molar-refractivity contribution in [3.8, 4) is 84.6 Å². The number of pyridine rings is 1. The van der Waals surface area contributed by atoms with Crippen molar-refractivity contribution in [3.05, 3.63) is 243 Å². The highest BCUT2D eigenvalue weighted by Crippen LogP contribution is 2.42. The maximum absolute atomic E-state index is 5.43. The van der Waals surface area contributed by atoms with E-state index in [0.717, 1.165) is 83.4 Å². The van der Waals surface area contributed by atoms with E-state index in [2.05, 4.69) is 221 Å². The van der Waals surface area contributed by atoms with Crippen LogP contribution in [0.5, 0.6) is 0 Å². The van der Waals surface area contributed by atoms with Crippen LogP contribution in [0.1, 0.15) is 0 Å². The molecule has 0 fully saturated rings. The van der Waals surface area contributed by atoms with Gasteiger partial charge in [-0.1, -0.05) is 194 Å². The first-order valence-electron chi connectivity index (χ1n) is 22.9. The van der Waals surface area contributed by atoms with Crippen LogP contribution in [-0.4, -0.2) is 29.1 Å². The van der Waals surface area contributed by atoms with Gasteiger partial charge in [-0.25, -0.2) is 19.5 Å². The van der Waals surface area contributed by atoms with E-state index >= 15 is 0 Å². The number of nitrogens with zero attached hydrogens (tertiary/aromatic N) is 6. The van der Waals surface area contributed by atoms with Gasteiger partial charge in [-0.15, -0.1) is 0 Å². The smallest absolute Gasteiger partial charge is 0.164 e. The third-order valence-electron chi connectivity index (χ3n) is 13.0. The number of hydrogen-bond acceptors (Lipinski definition) is 4. The monoisotopic (exact) mass is 868 g/mol. The maximum atomic E-state index is 5.43. The third-order valence-corrected chi connectivity index (χ3v) is 13.0. The minimum absolute atomic E-state index is 0.612. The molecule has 0 amide bonds. The number of aromatic nitrogens is 6. The van der Waals surface area contributed by atoms with Gasteiger partial charge in [0.1, 0.15) is 5.69 Å². The van der Waals surface area contributed by atoms with Crippen LogP contribution in [0.4, 0.5) is 0 Å². The minimum Gasteiger partial charge on any atom is -0.309 e. The van der Waals surface area contributed by atoms with E-state index in [1.165, 1.54) is 21.8 Å². The average Bonchev–Trinajstić information content (AvgIpc) is 3.99. The van der Waals surface area contributed by atoms with Crippen LogP contribution < -0.4 is 0 Å². The van der Waals surface area contributed by atoms with Crippen molar-refractivity contribution < 1.29 is 0 Å². The van der Waals surface area contributed by atoms with Crippen molar-refractivity contribution in [1.82, 2.24) is 29.1 Å². The Labute approximate surface area is 392 Å². The normalized spacial score (nSPS) is 11.5. The van der Waals surface area contributed by atoms with E-state index in [1.54, 1.807) is 0 Å². The van der Waals surface area contributed by atoms with Crippen LogP contribution in [0.3, 0.4) is 0 Å². The van der Waals surface area contributed by atoms with Crippen molar-refractivity contribution in [1.29, 1.82) is 0 Å². The third kappa shape index (κ3) is 6.74. The standard InChI is InChI=1S/C62H40N6/c1-5-17-42(18-6-1)56-40-49-34-33-48(39-53(49)59-57(43-19-7-2-8-20-43)58(66-68(56)59)44-21-9-3-10-22-44)41-29-31-46(32-30-41)61-63-60(45-23-11-4-12-24-45)64-62(65-61)47-35-37-50(38-36-47)67-54-27-15-13-25-51(54)52-26-14-16-28-55(52)67/h1-40H. The summed E-state index contributed by atoms with van der Waals surface area (Å²) in [6.45, 7) is 0. The van der Waals surface area contributed by atoms with Crippen molar-refractivity contribution in [2.24, 2.45) is 0 Å². The summed E-state index contributed by atoms with van der Waals surface area (Å²) < 4.78 is 4.47. The highest BCUT2D eigenvalue weighted by Gasteiger charge is 2.22. The Hall–Kier alpha value is -9.26. The summed E-state index contributed by atoms with van der Waals surface area (Å²) in [7, 11) is 0. The lowest BCUT2D eigenvalue weighted by Crippen LogP contribution is -2.00. The molecule has 0 aliphatic heterocycles. The Morgan fingerprint density at radius 1 is 0.309 bits per heavy atom. The van der Waals surface area contributed by atoms with Crippen LogP contribution in [0.25, 0.3) is 123 Å². The molecule has 68 heavy (non-hydrogen) atoms. The molecule has 4 heterocycles. The molecule has 9 aromatic carbocycles. The van der Waals surface area contributed by atoms with Crippen LogP contribution in [-0.2, 0) is 0 Å². The van der Waals surface area contributed by atoms with E-state index in [1.807, 2.05) is 30.3 Å². The van der Waals surface area contributed by atoms with E-state index in [-0.39, 0.29) is 0 Å². The molecule has 0 aliphatic rings. The molecular formula is C62H40N6. The molecule has 0 radical (unpaired) electrons. The quantitative estimate of drug-likeness (QED) is 0.153. The summed E-state index contributed by atoms with van der Waals surface area (Å²) in [5.41, 5.74) is 15.8. The van der Waals surface area contributed by atoms with Crippen LogP contribution >= 0.6 is 0 Å². The van der Waals surface area contributed by atoms with Crippen molar-refractivity contribution >= 4 is 38.1 Å². The van der Waals surface area contributed by atoms with Crippen molar-refractivity contribution in [2.75, 3.05) is 0 Å². The van der Waals surface area contributed by atoms with Crippen LogP contribution in [0.15, 0.2) is 243 Å². The lowest BCUT2D eigenvalue weighted by atomic mass is 9.95. The van der Waals surface area contributed by atoms with Gasteiger partial charge in [-0.2, -0.15) is 5.10 Å². The fourth-order valence-corrected chi connectivity index (χ4v) is 9.73. The molecule has 0 unspecified atom stereocenters. The second-order valence-electron chi connectivity index (χ2n) is 17.1. The second kappa shape index (κ2) is 16.3. The number of para-hydroxylation sites is 2.